The number of benzene rings is 1. The number of imide groups is 1. The van der Waals surface area contributed by atoms with Crippen molar-refractivity contribution in [1.82, 2.24) is 15.0 Å². The van der Waals surface area contributed by atoms with E-state index in [1.165, 1.54) is 0 Å². The molecule has 2 heterocycles. The zero-order chi connectivity index (χ0) is 24.2. The molecule has 0 radical (unpaired) electrons. The second-order valence-corrected chi connectivity index (χ2v) is 8.60. The molecular weight excluding hydrogens is 430 g/mol. The molecule has 1 aromatic rings. The Kier molecular flexibility index (Phi) is 7.62. The van der Waals surface area contributed by atoms with Crippen LogP contribution < -0.4 is 0 Å². The smallest absolute Gasteiger partial charge is 0.346 e. The first kappa shape index (κ1) is 24.6. The van der Waals surface area contributed by atoms with Gasteiger partial charge < -0.3 is 9.57 Å². The van der Waals surface area contributed by atoms with E-state index < -0.39 is 23.4 Å². The molecule has 178 valence electrons. The number of fused-ring (bicyclic) bond motifs is 1. The van der Waals surface area contributed by atoms with Crippen LogP contribution in [0, 0.1) is 0 Å². The lowest BCUT2D eigenvalue weighted by Crippen LogP contribution is -2.37. The van der Waals surface area contributed by atoms with E-state index in [9.17, 15) is 19.2 Å². The quantitative estimate of drug-likeness (QED) is 0.365. The van der Waals surface area contributed by atoms with Crippen molar-refractivity contribution in [3.63, 3.8) is 0 Å². The largest absolute Gasteiger partial charge is 0.373 e. The van der Waals surface area contributed by atoms with Crippen LogP contribution in [0.15, 0.2) is 36.5 Å². The lowest BCUT2D eigenvalue weighted by atomic mass is 10.1. The molecule has 10 heteroatoms. The molecule has 10 nitrogen and oxygen atoms in total. The maximum Gasteiger partial charge on any atom is 0.346 e. The Morgan fingerprint density at radius 2 is 1.70 bits per heavy atom. The number of rotatable bonds is 11. The number of hydrogen-bond acceptors (Lipinski definition) is 8. The summed E-state index contributed by atoms with van der Waals surface area (Å²) in [6.45, 7) is 8.26. The van der Waals surface area contributed by atoms with Gasteiger partial charge in [0.15, 0.2) is 0 Å². The molecule has 0 N–H and O–H groups in total. The maximum atomic E-state index is 12.3. The molecule has 0 unspecified atom stereocenters. The van der Waals surface area contributed by atoms with Crippen molar-refractivity contribution in [2.45, 2.75) is 38.7 Å². The Balaban J connectivity index is 1.35. The summed E-state index contributed by atoms with van der Waals surface area (Å²) >= 11 is 0. The third-order valence-electron chi connectivity index (χ3n) is 5.38. The summed E-state index contributed by atoms with van der Waals surface area (Å²) in [6, 6.07) is 6.56. The number of nitrogens with zero attached hydrogens (tertiary/aromatic N) is 3. The molecular formula is C23H29N3O7. The van der Waals surface area contributed by atoms with E-state index in [0.29, 0.717) is 42.6 Å². The Labute approximate surface area is 192 Å². The first-order chi connectivity index (χ1) is 15.6. The summed E-state index contributed by atoms with van der Waals surface area (Å²) in [5.74, 6) is -1.78. The van der Waals surface area contributed by atoms with Crippen LogP contribution in [0.1, 0.15) is 53.8 Å². The lowest BCUT2D eigenvalue weighted by molar-refractivity contribution is -0.187. The molecule has 1 fully saturated rings. The van der Waals surface area contributed by atoms with Crippen LogP contribution in [-0.4, -0.2) is 77.7 Å². The summed E-state index contributed by atoms with van der Waals surface area (Å²) in [6.07, 6.45) is 1.38. The van der Waals surface area contributed by atoms with Gasteiger partial charge in [0.05, 0.1) is 42.2 Å². The van der Waals surface area contributed by atoms with Crippen LogP contribution in [-0.2, 0) is 24.0 Å². The normalized spacial score (nSPS) is 16.2. The van der Waals surface area contributed by atoms with Gasteiger partial charge in [-0.25, -0.2) is 4.79 Å². The fraction of sp³-hybridized carbons (Fsp3) is 0.478. The van der Waals surface area contributed by atoms with Gasteiger partial charge in [-0.05, 0) is 45.9 Å². The number of amides is 3. The Bertz CT molecular complexity index is 908. The molecule has 2 aliphatic rings. The van der Waals surface area contributed by atoms with Crippen LogP contribution >= 0.6 is 0 Å². The highest BCUT2D eigenvalue weighted by Crippen LogP contribution is 2.23. The van der Waals surface area contributed by atoms with Gasteiger partial charge in [-0.2, -0.15) is 0 Å². The van der Waals surface area contributed by atoms with Gasteiger partial charge in [0, 0.05) is 13.0 Å². The number of ether oxygens (including phenoxy) is 1. The molecule has 2 aliphatic heterocycles. The fourth-order valence-corrected chi connectivity index (χ4v) is 3.44. The van der Waals surface area contributed by atoms with Crippen LogP contribution in [0.5, 0.6) is 0 Å². The highest BCUT2D eigenvalue weighted by atomic mass is 16.7. The van der Waals surface area contributed by atoms with Crippen molar-refractivity contribution >= 4 is 23.7 Å². The number of hydrogen-bond donors (Lipinski definition) is 0. The van der Waals surface area contributed by atoms with Gasteiger partial charge in [-0.15, -0.1) is 10.1 Å². The molecule has 33 heavy (non-hydrogen) atoms. The Morgan fingerprint density at radius 1 is 1.06 bits per heavy atom. The topological polar surface area (TPSA) is 106 Å². The first-order valence-corrected chi connectivity index (χ1v) is 10.7. The monoisotopic (exact) mass is 459 g/mol. The fourth-order valence-electron chi connectivity index (χ4n) is 3.44. The highest BCUT2D eigenvalue weighted by Gasteiger charge is 2.36. The van der Waals surface area contributed by atoms with Crippen molar-refractivity contribution in [1.29, 1.82) is 0 Å². The lowest BCUT2D eigenvalue weighted by Gasteiger charge is -2.28. The van der Waals surface area contributed by atoms with Crippen molar-refractivity contribution in [2.24, 2.45) is 0 Å². The Hall–Kier alpha value is -3.08. The number of carbonyl (C=O) groups is 4. The van der Waals surface area contributed by atoms with Crippen molar-refractivity contribution in [3.05, 3.63) is 47.7 Å². The molecule has 1 saturated heterocycles. The van der Waals surface area contributed by atoms with E-state index >= 15 is 0 Å². The molecule has 0 saturated carbocycles. The molecule has 0 aliphatic carbocycles. The predicted molar refractivity (Wildman–Crippen MR) is 116 cm³/mol. The molecule has 3 amide bonds. The summed E-state index contributed by atoms with van der Waals surface area (Å²) in [5, 5.41) is 1.73. The third kappa shape index (κ3) is 6.04. The van der Waals surface area contributed by atoms with Gasteiger partial charge in [-0.3, -0.25) is 24.1 Å². The molecule has 0 spiro atoms. The first-order valence-electron chi connectivity index (χ1n) is 10.7. The average molecular weight is 459 g/mol. The number of hydroxylamine groups is 4. The summed E-state index contributed by atoms with van der Waals surface area (Å²) in [4.78, 5) is 60.6. The van der Waals surface area contributed by atoms with Gasteiger partial charge in [-0.1, -0.05) is 18.7 Å². The standard InChI is InChI=1S/C23H29N3O7/c1-16-9-10-19(27)25(16)33-20(28)15-24(4)12-11-23(2,3)31-13-14-32-26-21(29)17-7-5-6-8-18(17)22(26)30/h5-8H,1,9-15H2,2-4H3. The van der Waals surface area contributed by atoms with E-state index in [2.05, 4.69) is 6.58 Å². The predicted octanol–water partition coefficient (Wildman–Crippen LogP) is 1.93. The van der Waals surface area contributed by atoms with Crippen LogP contribution in [0.25, 0.3) is 0 Å². The van der Waals surface area contributed by atoms with E-state index in [-0.39, 0.29) is 25.7 Å². The summed E-state index contributed by atoms with van der Waals surface area (Å²) in [5.41, 5.74) is 0.587. The zero-order valence-electron chi connectivity index (χ0n) is 19.2. The molecule has 3 rings (SSSR count). The van der Waals surface area contributed by atoms with Gasteiger partial charge in [0.25, 0.3) is 17.7 Å². The second-order valence-electron chi connectivity index (χ2n) is 8.60. The van der Waals surface area contributed by atoms with E-state index in [1.807, 2.05) is 13.8 Å². The minimum absolute atomic E-state index is 0.00991. The van der Waals surface area contributed by atoms with Gasteiger partial charge in [0.2, 0.25) is 0 Å². The maximum absolute atomic E-state index is 12.3. The number of carbonyl (C=O) groups excluding carboxylic acids is 4. The van der Waals surface area contributed by atoms with Crippen molar-refractivity contribution in [2.75, 3.05) is 33.4 Å². The Morgan fingerprint density at radius 3 is 2.27 bits per heavy atom. The van der Waals surface area contributed by atoms with Crippen LogP contribution in [0.3, 0.4) is 0 Å². The number of likely N-dealkylation sites (N-methyl/N-ethyl adjacent to an activating group) is 1. The van der Waals surface area contributed by atoms with Gasteiger partial charge >= 0.3 is 5.97 Å². The third-order valence-corrected chi connectivity index (χ3v) is 5.38. The zero-order valence-corrected chi connectivity index (χ0v) is 19.2. The molecule has 0 aromatic heterocycles. The van der Waals surface area contributed by atoms with E-state index in [1.54, 1.807) is 36.2 Å². The average Bonchev–Trinajstić information content (AvgIpc) is 3.21. The number of allylic oxidation sites excluding steroid dienone is 1. The molecule has 0 atom stereocenters. The summed E-state index contributed by atoms with van der Waals surface area (Å²) in [7, 11) is 1.77. The molecule has 0 bridgehead atoms. The van der Waals surface area contributed by atoms with E-state index in [4.69, 9.17) is 14.4 Å². The molecule has 1 aromatic carbocycles. The highest BCUT2D eigenvalue weighted by molar-refractivity contribution is 6.20. The van der Waals surface area contributed by atoms with Crippen molar-refractivity contribution in [3.8, 4) is 0 Å². The minimum Gasteiger partial charge on any atom is -0.373 e. The van der Waals surface area contributed by atoms with Crippen LogP contribution in [0.2, 0.25) is 0 Å². The second kappa shape index (κ2) is 10.2. The van der Waals surface area contributed by atoms with Crippen LogP contribution in [0.4, 0.5) is 0 Å². The van der Waals surface area contributed by atoms with Crippen molar-refractivity contribution < 1.29 is 33.6 Å². The summed E-state index contributed by atoms with van der Waals surface area (Å²) < 4.78 is 5.85. The van der Waals surface area contributed by atoms with Gasteiger partial charge in [0.1, 0.15) is 0 Å². The van der Waals surface area contributed by atoms with E-state index in [0.717, 1.165) is 10.1 Å². The SMILES string of the molecule is C=C1CCC(=O)N1OC(=O)CN(C)CCC(C)(C)OCCON1C(=O)c2ccccc2C1=O. The minimum atomic E-state index is -0.540.